The molecule has 4 rings (SSSR count). The van der Waals surface area contributed by atoms with E-state index in [9.17, 15) is 4.79 Å². The maximum absolute atomic E-state index is 12.2. The first-order valence-corrected chi connectivity index (χ1v) is 8.54. The smallest absolute Gasteiger partial charge is 0.224 e. The molecule has 1 fully saturated rings. The lowest BCUT2D eigenvalue weighted by Crippen LogP contribution is -2.12. The summed E-state index contributed by atoms with van der Waals surface area (Å²) in [7, 11) is 0. The molecule has 5 nitrogen and oxygen atoms in total. The molecular formula is C20H20N4O. The van der Waals surface area contributed by atoms with E-state index in [0.717, 1.165) is 17.7 Å². The van der Waals surface area contributed by atoms with Gasteiger partial charge in [-0.15, -0.1) is 0 Å². The molecule has 0 radical (unpaired) electrons. The molecule has 1 aromatic heterocycles. The number of amides is 1. The van der Waals surface area contributed by atoms with Crippen molar-refractivity contribution >= 4 is 11.6 Å². The van der Waals surface area contributed by atoms with Crippen molar-refractivity contribution in [3.8, 4) is 0 Å². The van der Waals surface area contributed by atoms with Gasteiger partial charge in [-0.1, -0.05) is 42.5 Å². The first kappa shape index (κ1) is 15.6. The van der Waals surface area contributed by atoms with E-state index in [-0.39, 0.29) is 5.91 Å². The Morgan fingerprint density at radius 2 is 1.92 bits per heavy atom. The summed E-state index contributed by atoms with van der Waals surface area (Å²) in [4.78, 5) is 16.2. The monoisotopic (exact) mass is 332 g/mol. The van der Waals surface area contributed by atoms with Crippen LogP contribution < -0.4 is 5.32 Å². The lowest BCUT2D eigenvalue weighted by Gasteiger charge is -2.07. The number of rotatable bonds is 6. The number of aromatic nitrogens is 3. The van der Waals surface area contributed by atoms with Gasteiger partial charge in [-0.2, -0.15) is 5.10 Å². The summed E-state index contributed by atoms with van der Waals surface area (Å²) in [6.45, 7) is 0.676. The predicted octanol–water partition coefficient (Wildman–Crippen LogP) is 3.46. The van der Waals surface area contributed by atoms with Crippen molar-refractivity contribution in [1.82, 2.24) is 14.8 Å². The summed E-state index contributed by atoms with van der Waals surface area (Å²) < 4.78 is 1.77. The first-order valence-electron chi connectivity index (χ1n) is 8.54. The summed E-state index contributed by atoms with van der Waals surface area (Å²) in [6, 6.07) is 18.3. The quantitative estimate of drug-likeness (QED) is 0.752. The molecule has 2 aromatic carbocycles. The summed E-state index contributed by atoms with van der Waals surface area (Å²) in [5.74, 6) is 1.10. The maximum atomic E-state index is 12.2. The molecule has 1 aliphatic rings. The van der Waals surface area contributed by atoms with Gasteiger partial charge in [0.1, 0.15) is 12.7 Å². The van der Waals surface area contributed by atoms with E-state index in [2.05, 4.69) is 39.7 Å². The molecule has 1 heterocycles. The molecule has 3 aromatic rings. The number of carbonyl (C=O) groups excluding carboxylic acids is 1. The van der Waals surface area contributed by atoms with Gasteiger partial charge >= 0.3 is 0 Å². The van der Waals surface area contributed by atoms with E-state index in [4.69, 9.17) is 0 Å². The minimum Gasteiger partial charge on any atom is -0.326 e. The number of carbonyl (C=O) groups is 1. The average molecular weight is 332 g/mol. The molecule has 1 aliphatic carbocycles. The molecule has 1 N–H and O–H groups in total. The lowest BCUT2D eigenvalue weighted by atomic mass is 10.1. The largest absolute Gasteiger partial charge is 0.326 e. The van der Waals surface area contributed by atoms with Gasteiger partial charge in [0.2, 0.25) is 5.91 Å². The summed E-state index contributed by atoms with van der Waals surface area (Å²) in [6.07, 6.45) is 4.90. The fourth-order valence-electron chi connectivity index (χ4n) is 3.23. The molecule has 2 atom stereocenters. The molecule has 126 valence electrons. The number of nitrogens with zero attached hydrogens (tertiary/aromatic N) is 3. The third-order valence-corrected chi connectivity index (χ3v) is 4.65. The Hall–Kier alpha value is -2.95. The molecule has 25 heavy (non-hydrogen) atoms. The van der Waals surface area contributed by atoms with E-state index in [0.29, 0.717) is 24.8 Å². The van der Waals surface area contributed by atoms with Crippen LogP contribution in [0.15, 0.2) is 67.3 Å². The molecule has 1 saturated carbocycles. The molecule has 5 heteroatoms. The highest BCUT2D eigenvalue weighted by molar-refractivity contribution is 5.91. The van der Waals surface area contributed by atoms with Gasteiger partial charge in [0, 0.05) is 12.1 Å². The van der Waals surface area contributed by atoms with Crippen molar-refractivity contribution in [2.45, 2.75) is 25.3 Å². The Labute approximate surface area is 146 Å². The second-order valence-electron chi connectivity index (χ2n) is 6.56. The van der Waals surface area contributed by atoms with E-state index >= 15 is 0 Å². The minimum atomic E-state index is 0.0902. The van der Waals surface area contributed by atoms with Gasteiger partial charge in [-0.3, -0.25) is 4.79 Å². The zero-order chi connectivity index (χ0) is 17.1. The number of benzene rings is 2. The van der Waals surface area contributed by atoms with Crippen molar-refractivity contribution < 1.29 is 4.79 Å². The van der Waals surface area contributed by atoms with E-state index < -0.39 is 0 Å². The van der Waals surface area contributed by atoms with Crippen LogP contribution in [0.3, 0.4) is 0 Å². The Morgan fingerprint density at radius 3 is 2.64 bits per heavy atom. The van der Waals surface area contributed by atoms with Crippen molar-refractivity contribution in [1.29, 1.82) is 0 Å². The maximum Gasteiger partial charge on any atom is 0.224 e. The standard InChI is InChI=1S/C20H20N4O/c25-20(11-17-10-19(17)16-4-2-1-3-5-16)23-18-8-6-15(7-9-18)12-24-14-21-13-22-24/h1-9,13-14,17,19H,10-12H2,(H,23,25)/t17-,19-/m0/s1. The highest BCUT2D eigenvalue weighted by atomic mass is 16.1. The van der Waals surface area contributed by atoms with Crippen molar-refractivity contribution in [2.24, 2.45) is 5.92 Å². The van der Waals surface area contributed by atoms with Crippen LogP contribution in [-0.2, 0) is 11.3 Å². The Bertz CT molecular complexity index is 828. The van der Waals surface area contributed by atoms with Crippen LogP contribution in [0.5, 0.6) is 0 Å². The highest BCUT2D eigenvalue weighted by Crippen LogP contribution is 2.49. The van der Waals surface area contributed by atoms with Gasteiger partial charge < -0.3 is 5.32 Å². The first-order chi connectivity index (χ1) is 12.3. The topological polar surface area (TPSA) is 59.8 Å². The Kier molecular flexibility index (Phi) is 4.29. The molecule has 0 aliphatic heterocycles. The van der Waals surface area contributed by atoms with Gasteiger partial charge in [0.15, 0.2) is 0 Å². The number of hydrogen-bond donors (Lipinski definition) is 1. The van der Waals surface area contributed by atoms with Crippen molar-refractivity contribution in [3.63, 3.8) is 0 Å². The van der Waals surface area contributed by atoms with Crippen LogP contribution in [0.1, 0.15) is 29.9 Å². The number of hydrogen-bond acceptors (Lipinski definition) is 3. The van der Waals surface area contributed by atoms with Crippen LogP contribution in [0, 0.1) is 5.92 Å². The Morgan fingerprint density at radius 1 is 1.12 bits per heavy atom. The third-order valence-electron chi connectivity index (χ3n) is 4.65. The van der Waals surface area contributed by atoms with Crippen LogP contribution in [0.25, 0.3) is 0 Å². The van der Waals surface area contributed by atoms with E-state index in [1.807, 2.05) is 30.3 Å². The number of nitrogens with one attached hydrogen (secondary N) is 1. The molecule has 0 spiro atoms. The summed E-state index contributed by atoms with van der Waals surface area (Å²) >= 11 is 0. The minimum absolute atomic E-state index is 0.0902. The van der Waals surface area contributed by atoms with Crippen LogP contribution in [-0.4, -0.2) is 20.7 Å². The lowest BCUT2D eigenvalue weighted by molar-refractivity contribution is -0.116. The second-order valence-corrected chi connectivity index (χ2v) is 6.56. The van der Waals surface area contributed by atoms with E-state index in [1.54, 1.807) is 11.0 Å². The molecule has 0 bridgehead atoms. The Balaban J connectivity index is 1.28. The van der Waals surface area contributed by atoms with Crippen LogP contribution in [0.4, 0.5) is 5.69 Å². The van der Waals surface area contributed by atoms with Crippen molar-refractivity contribution in [3.05, 3.63) is 78.4 Å². The summed E-state index contributed by atoms with van der Waals surface area (Å²) in [5.41, 5.74) is 3.30. The van der Waals surface area contributed by atoms with Crippen LogP contribution in [0.2, 0.25) is 0 Å². The van der Waals surface area contributed by atoms with Gasteiger partial charge in [0.05, 0.1) is 6.54 Å². The zero-order valence-corrected chi connectivity index (χ0v) is 13.9. The van der Waals surface area contributed by atoms with Crippen LogP contribution >= 0.6 is 0 Å². The highest BCUT2D eigenvalue weighted by Gasteiger charge is 2.39. The van der Waals surface area contributed by atoms with Gasteiger partial charge in [0.25, 0.3) is 0 Å². The van der Waals surface area contributed by atoms with E-state index in [1.165, 1.54) is 11.9 Å². The predicted molar refractivity (Wildman–Crippen MR) is 96.1 cm³/mol. The second kappa shape index (κ2) is 6.89. The fourth-order valence-corrected chi connectivity index (χ4v) is 3.23. The summed E-state index contributed by atoms with van der Waals surface area (Å²) in [5, 5.41) is 7.09. The molecule has 1 amide bonds. The SMILES string of the molecule is O=C(C[C@@H]1C[C@H]1c1ccccc1)Nc1ccc(Cn2cncn2)cc1. The normalized spacial score (nSPS) is 18.7. The third kappa shape index (κ3) is 3.94. The average Bonchev–Trinajstić information content (AvgIpc) is 3.20. The zero-order valence-electron chi connectivity index (χ0n) is 13.9. The molecular weight excluding hydrogens is 312 g/mol. The molecule has 0 unspecified atom stereocenters. The van der Waals surface area contributed by atoms with Gasteiger partial charge in [-0.05, 0) is 41.5 Å². The fraction of sp³-hybridized carbons (Fsp3) is 0.250. The van der Waals surface area contributed by atoms with Crippen molar-refractivity contribution in [2.75, 3.05) is 5.32 Å². The number of anilines is 1. The van der Waals surface area contributed by atoms with Gasteiger partial charge in [-0.25, -0.2) is 9.67 Å². The molecule has 0 saturated heterocycles.